The van der Waals surface area contributed by atoms with Gasteiger partial charge >= 0.3 is 0 Å². The molecular weight excluding hydrogens is 154 g/mol. The van der Waals surface area contributed by atoms with E-state index in [0.29, 0.717) is 5.78 Å². The van der Waals surface area contributed by atoms with Gasteiger partial charge in [0.15, 0.2) is 5.75 Å². The molecule has 0 spiro atoms. The first-order chi connectivity index (χ1) is 5.79. The van der Waals surface area contributed by atoms with Crippen LogP contribution >= 0.6 is 0 Å². The summed E-state index contributed by atoms with van der Waals surface area (Å²) in [5.74, 6) is 1.44. The van der Waals surface area contributed by atoms with Crippen LogP contribution in [0.15, 0.2) is 18.6 Å². The van der Waals surface area contributed by atoms with Crippen molar-refractivity contribution in [2.45, 2.75) is 6.92 Å². The van der Waals surface area contributed by atoms with Crippen molar-refractivity contribution >= 4 is 5.78 Å². The summed E-state index contributed by atoms with van der Waals surface area (Å²) in [6.45, 7) is 1.93. The fourth-order valence-electron chi connectivity index (χ4n) is 1.09. The molecule has 0 aliphatic rings. The molecule has 4 nitrogen and oxygen atoms in total. The molecule has 12 heavy (non-hydrogen) atoms. The molecule has 0 amide bonds. The minimum absolute atomic E-state index is 0.702. The molecule has 0 saturated heterocycles. The van der Waals surface area contributed by atoms with Crippen molar-refractivity contribution in [2.75, 3.05) is 7.11 Å². The van der Waals surface area contributed by atoms with E-state index in [4.69, 9.17) is 4.74 Å². The first kappa shape index (κ1) is 7.09. The molecule has 0 N–H and O–H groups in total. The quantitative estimate of drug-likeness (QED) is 0.630. The number of rotatable bonds is 1. The smallest absolute Gasteiger partial charge is 0.234 e. The van der Waals surface area contributed by atoms with Gasteiger partial charge in [-0.05, 0) is 6.92 Å². The maximum atomic E-state index is 5.02. The lowest BCUT2D eigenvalue weighted by Gasteiger charge is -1.97. The Bertz CT molecular complexity index is 408. The summed E-state index contributed by atoms with van der Waals surface area (Å²) in [4.78, 5) is 8.28. The van der Waals surface area contributed by atoms with Crippen LogP contribution in [0.5, 0.6) is 5.75 Å². The van der Waals surface area contributed by atoms with E-state index >= 15 is 0 Å². The van der Waals surface area contributed by atoms with E-state index < -0.39 is 0 Å². The van der Waals surface area contributed by atoms with Gasteiger partial charge in [0.1, 0.15) is 0 Å². The number of aryl methyl sites for hydroxylation is 1. The lowest BCUT2D eigenvalue weighted by atomic mass is 10.6. The predicted molar refractivity (Wildman–Crippen MR) is 44.3 cm³/mol. The third-order valence-corrected chi connectivity index (χ3v) is 1.64. The monoisotopic (exact) mass is 163 g/mol. The van der Waals surface area contributed by atoms with Crippen LogP contribution in [-0.2, 0) is 0 Å². The van der Waals surface area contributed by atoms with E-state index in [9.17, 15) is 0 Å². The van der Waals surface area contributed by atoms with Gasteiger partial charge in [-0.25, -0.2) is 9.97 Å². The Balaban J connectivity index is 2.66. The molecule has 0 aliphatic heterocycles. The van der Waals surface area contributed by atoms with Crippen molar-refractivity contribution in [2.24, 2.45) is 0 Å². The van der Waals surface area contributed by atoms with E-state index in [2.05, 4.69) is 9.97 Å². The van der Waals surface area contributed by atoms with Crippen molar-refractivity contribution in [1.29, 1.82) is 0 Å². The van der Waals surface area contributed by atoms with Crippen molar-refractivity contribution in [3.8, 4) is 5.75 Å². The fourth-order valence-corrected chi connectivity index (χ4v) is 1.09. The molecule has 2 aromatic rings. The van der Waals surface area contributed by atoms with Gasteiger partial charge in [-0.2, -0.15) is 0 Å². The fraction of sp³-hybridized carbons (Fsp3) is 0.250. The summed E-state index contributed by atoms with van der Waals surface area (Å²) < 4.78 is 6.86. The maximum absolute atomic E-state index is 5.02. The zero-order chi connectivity index (χ0) is 8.55. The molecule has 0 fully saturated rings. The zero-order valence-electron chi connectivity index (χ0n) is 6.98. The topological polar surface area (TPSA) is 39.4 Å². The molecule has 2 heterocycles. The second kappa shape index (κ2) is 2.48. The standard InChI is InChI=1S/C8H9N3O/c1-6-4-11-5-7(12-2)3-9-8(11)10-6/h3-5H,1-2H3. The summed E-state index contributed by atoms with van der Waals surface area (Å²) in [6, 6.07) is 0. The highest BCUT2D eigenvalue weighted by molar-refractivity contribution is 5.33. The number of aromatic nitrogens is 3. The van der Waals surface area contributed by atoms with Crippen molar-refractivity contribution in [3.05, 3.63) is 24.3 Å². The predicted octanol–water partition coefficient (Wildman–Crippen LogP) is 1.05. The third-order valence-electron chi connectivity index (χ3n) is 1.64. The van der Waals surface area contributed by atoms with Crippen LogP contribution in [0.4, 0.5) is 0 Å². The number of methoxy groups -OCH3 is 1. The first-order valence-electron chi connectivity index (χ1n) is 3.65. The summed E-state index contributed by atoms with van der Waals surface area (Å²) in [6.07, 6.45) is 5.41. The van der Waals surface area contributed by atoms with E-state index in [1.807, 2.05) is 23.7 Å². The van der Waals surface area contributed by atoms with Crippen LogP contribution in [0.3, 0.4) is 0 Å². The summed E-state index contributed by atoms with van der Waals surface area (Å²) in [7, 11) is 1.62. The Labute approximate surface area is 69.8 Å². The lowest BCUT2D eigenvalue weighted by molar-refractivity contribution is 0.410. The molecule has 2 rings (SSSR count). The molecular formula is C8H9N3O. The second-order valence-corrected chi connectivity index (χ2v) is 2.58. The lowest BCUT2D eigenvalue weighted by Crippen LogP contribution is -1.90. The number of ether oxygens (including phenoxy) is 1. The van der Waals surface area contributed by atoms with Gasteiger partial charge in [0, 0.05) is 6.20 Å². The highest BCUT2D eigenvalue weighted by atomic mass is 16.5. The minimum Gasteiger partial charge on any atom is -0.494 e. The number of nitrogens with zero attached hydrogens (tertiary/aromatic N) is 3. The van der Waals surface area contributed by atoms with Gasteiger partial charge in [-0.1, -0.05) is 0 Å². The van der Waals surface area contributed by atoms with Crippen LogP contribution in [0.2, 0.25) is 0 Å². The molecule has 4 heteroatoms. The summed E-state index contributed by atoms with van der Waals surface area (Å²) in [5, 5.41) is 0. The number of fused-ring (bicyclic) bond motifs is 1. The van der Waals surface area contributed by atoms with Crippen molar-refractivity contribution < 1.29 is 4.74 Å². The number of imidazole rings is 1. The van der Waals surface area contributed by atoms with Crippen LogP contribution in [0.1, 0.15) is 5.69 Å². The largest absolute Gasteiger partial charge is 0.494 e. The van der Waals surface area contributed by atoms with E-state index in [0.717, 1.165) is 11.4 Å². The molecule has 0 aromatic carbocycles. The van der Waals surface area contributed by atoms with Gasteiger partial charge in [0.2, 0.25) is 5.78 Å². The Morgan fingerprint density at radius 3 is 3.00 bits per heavy atom. The average Bonchev–Trinajstić information content (AvgIpc) is 2.43. The van der Waals surface area contributed by atoms with Crippen molar-refractivity contribution in [3.63, 3.8) is 0 Å². The average molecular weight is 163 g/mol. The maximum Gasteiger partial charge on any atom is 0.234 e. The molecule has 0 bridgehead atoms. The highest BCUT2D eigenvalue weighted by Gasteiger charge is 1.99. The normalized spacial score (nSPS) is 10.5. The summed E-state index contributed by atoms with van der Waals surface area (Å²) in [5.41, 5.74) is 0.954. The number of hydrogen-bond donors (Lipinski definition) is 0. The Hall–Kier alpha value is -1.58. The van der Waals surface area contributed by atoms with E-state index in [-0.39, 0.29) is 0 Å². The van der Waals surface area contributed by atoms with E-state index in [1.54, 1.807) is 13.3 Å². The van der Waals surface area contributed by atoms with Crippen LogP contribution in [-0.4, -0.2) is 21.5 Å². The molecule has 0 saturated carbocycles. The molecule has 0 radical (unpaired) electrons. The highest BCUT2D eigenvalue weighted by Crippen LogP contribution is 2.09. The van der Waals surface area contributed by atoms with Crippen LogP contribution in [0, 0.1) is 6.92 Å². The van der Waals surface area contributed by atoms with Gasteiger partial charge in [0.05, 0.1) is 25.2 Å². The van der Waals surface area contributed by atoms with Crippen LogP contribution < -0.4 is 4.74 Å². The van der Waals surface area contributed by atoms with E-state index in [1.165, 1.54) is 0 Å². The molecule has 0 aliphatic carbocycles. The van der Waals surface area contributed by atoms with Gasteiger partial charge in [-0.15, -0.1) is 0 Å². The Kier molecular flexibility index (Phi) is 1.46. The Morgan fingerprint density at radius 2 is 2.25 bits per heavy atom. The van der Waals surface area contributed by atoms with Crippen molar-refractivity contribution in [1.82, 2.24) is 14.4 Å². The minimum atomic E-state index is 0.702. The molecule has 0 atom stereocenters. The Morgan fingerprint density at radius 1 is 1.42 bits per heavy atom. The SMILES string of the molecule is COc1cnc2nc(C)cn2c1. The molecule has 62 valence electrons. The zero-order valence-corrected chi connectivity index (χ0v) is 6.98. The molecule has 0 unspecified atom stereocenters. The van der Waals surface area contributed by atoms with Gasteiger partial charge in [-0.3, -0.25) is 4.40 Å². The first-order valence-corrected chi connectivity index (χ1v) is 3.65. The number of hydrogen-bond acceptors (Lipinski definition) is 3. The van der Waals surface area contributed by atoms with Gasteiger partial charge < -0.3 is 4.74 Å². The van der Waals surface area contributed by atoms with Crippen LogP contribution in [0.25, 0.3) is 5.78 Å². The summed E-state index contributed by atoms with van der Waals surface area (Å²) >= 11 is 0. The molecule has 2 aromatic heterocycles. The third kappa shape index (κ3) is 1.01. The van der Waals surface area contributed by atoms with Gasteiger partial charge in [0.25, 0.3) is 0 Å². The second-order valence-electron chi connectivity index (χ2n) is 2.58.